The summed E-state index contributed by atoms with van der Waals surface area (Å²) in [6.07, 6.45) is -1.74. The Hall–Kier alpha value is -2.96. The lowest BCUT2D eigenvalue weighted by Gasteiger charge is -2.20. The second-order valence-corrected chi connectivity index (χ2v) is 7.90. The van der Waals surface area contributed by atoms with E-state index < -0.39 is 22.3 Å². The summed E-state index contributed by atoms with van der Waals surface area (Å²) in [6, 6.07) is 1.71. The van der Waals surface area contributed by atoms with E-state index in [1.54, 1.807) is 19.9 Å². The third kappa shape index (κ3) is 4.13. The Morgan fingerprint density at radius 1 is 1.14 bits per heavy atom. The van der Waals surface area contributed by atoms with Crippen LogP contribution in [0.15, 0.2) is 21.1 Å². The molecule has 0 aliphatic rings. The Labute approximate surface area is 158 Å². The van der Waals surface area contributed by atoms with Gasteiger partial charge in [0.05, 0.1) is 11.9 Å². The highest BCUT2D eigenvalue weighted by Crippen LogP contribution is 2.25. The molecule has 150 valence electrons. The first-order chi connectivity index (χ1) is 13.2. The molecular formula is C15H16F2N6O4S. The maximum absolute atomic E-state index is 12.6. The molecule has 0 bridgehead atoms. The average molecular weight is 414 g/mol. The van der Waals surface area contributed by atoms with Crippen molar-refractivity contribution in [2.75, 3.05) is 10.1 Å². The van der Waals surface area contributed by atoms with E-state index in [4.69, 9.17) is 8.83 Å². The van der Waals surface area contributed by atoms with Gasteiger partial charge in [-0.1, -0.05) is 0 Å². The Balaban J connectivity index is 1.92. The third-order valence-electron chi connectivity index (χ3n) is 3.56. The molecule has 0 aliphatic heterocycles. The number of aromatic nitrogens is 5. The zero-order valence-corrected chi connectivity index (χ0v) is 15.9. The van der Waals surface area contributed by atoms with Gasteiger partial charge in [-0.15, -0.1) is 10.2 Å². The summed E-state index contributed by atoms with van der Waals surface area (Å²) in [7, 11) is -3.75. The molecule has 0 aliphatic carbocycles. The van der Waals surface area contributed by atoms with Crippen molar-refractivity contribution in [2.24, 2.45) is 0 Å². The van der Waals surface area contributed by atoms with Crippen LogP contribution in [-0.4, -0.2) is 39.3 Å². The highest BCUT2D eigenvalue weighted by Gasteiger charge is 2.27. The quantitative estimate of drug-likeness (QED) is 0.572. The van der Waals surface area contributed by atoms with Crippen molar-refractivity contribution in [3.05, 3.63) is 35.4 Å². The number of alkyl halides is 2. The fourth-order valence-corrected chi connectivity index (χ4v) is 3.24. The number of aryl methyl sites for hydroxylation is 2. The Bertz CT molecular complexity index is 1060. The van der Waals surface area contributed by atoms with Gasteiger partial charge in [-0.05, 0) is 26.8 Å². The van der Waals surface area contributed by atoms with Crippen molar-refractivity contribution >= 4 is 16.0 Å². The minimum Gasteiger partial charge on any atom is -0.434 e. The van der Waals surface area contributed by atoms with Gasteiger partial charge in [0.25, 0.3) is 11.8 Å². The van der Waals surface area contributed by atoms with Crippen LogP contribution in [0.4, 0.5) is 14.7 Å². The molecular weight excluding hydrogens is 398 g/mol. The lowest BCUT2D eigenvalue weighted by atomic mass is 10.4. The number of nitrogens with zero attached hydrogens (tertiary/aromatic N) is 6. The molecule has 0 atom stereocenters. The van der Waals surface area contributed by atoms with E-state index >= 15 is 0 Å². The number of rotatable bonds is 7. The lowest BCUT2D eigenvalue weighted by Crippen LogP contribution is -2.33. The molecule has 3 rings (SSSR count). The van der Waals surface area contributed by atoms with Crippen LogP contribution in [0.1, 0.15) is 36.5 Å². The van der Waals surface area contributed by atoms with Gasteiger partial charge in [0.1, 0.15) is 6.54 Å². The van der Waals surface area contributed by atoms with E-state index in [0.29, 0.717) is 11.4 Å². The summed E-state index contributed by atoms with van der Waals surface area (Å²) < 4.78 is 61.4. The van der Waals surface area contributed by atoms with E-state index in [-0.39, 0.29) is 35.8 Å². The third-order valence-corrected chi connectivity index (χ3v) is 5.26. The number of hydrogen-bond acceptors (Lipinski definition) is 9. The lowest BCUT2D eigenvalue weighted by molar-refractivity contribution is 0.115. The van der Waals surface area contributed by atoms with Gasteiger partial charge in [0.2, 0.25) is 27.6 Å². The van der Waals surface area contributed by atoms with Crippen molar-refractivity contribution in [3.8, 4) is 11.7 Å². The van der Waals surface area contributed by atoms with E-state index in [1.165, 1.54) is 13.1 Å². The van der Waals surface area contributed by atoms with Gasteiger partial charge in [-0.3, -0.25) is 0 Å². The van der Waals surface area contributed by atoms with Crippen molar-refractivity contribution in [2.45, 2.75) is 33.7 Å². The van der Waals surface area contributed by atoms with Gasteiger partial charge >= 0.3 is 6.43 Å². The molecule has 3 aromatic heterocycles. The first-order valence-corrected chi connectivity index (χ1v) is 9.70. The molecule has 0 saturated carbocycles. The first-order valence-electron chi connectivity index (χ1n) is 8.09. The molecule has 0 radical (unpaired) electrons. The van der Waals surface area contributed by atoms with Crippen LogP contribution in [0.3, 0.4) is 0 Å². The summed E-state index contributed by atoms with van der Waals surface area (Å²) in [5, 5.41) is 6.66. The molecule has 0 saturated heterocycles. The molecule has 13 heteroatoms. The van der Waals surface area contributed by atoms with Crippen molar-refractivity contribution in [3.63, 3.8) is 0 Å². The summed E-state index contributed by atoms with van der Waals surface area (Å²) in [4.78, 5) is 12.3. The maximum atomic E-state index is 12.6. The molecule has 0 unspecified atom stereocenters. The second kappa shape index (κ2) is 7.58. The predicted molar refractivity (Wildman–Crippen MR) is 91.9 cm³/mol. The van der Waals surface area contributed by atoms with Crippen molar-refractivity contribution in [1.82, 2.24) is 25.1 Å². The van der Waals surface area contributed by atoms with Crippen LogP contribution in [-0.2, 0) is 16.6 Å². The van der Waals surface area contributed by atoms with Crippen LogP contribution in [0.5, 0.6) is 0 Å². The molecule has 0 amide bonds. The summed E-state index contributed by atoms with van der Waals surface area (Å²) >= 11 is 0. The predicted octanol–water partition coefficient (Wildman–Crippen LogP) is 2.43. The standard InChI is InChI=1S/C15H16F2N6O4S/c1-4-28(24,25)23(15-19-8(2)5-9(3)20-15)7-11-18-6-10(26-11)13-21-22-14(27-13)12(16)17/h5-6,12H,4,7H2,1-3H3. The van der Waals surface area contributed by atoms with Gasteiger partial charge in [0.15, 0.2) is 0 Å². The zero-order valence-electron chi connectivity index (χ0n) is 15.1. The number of sulfonamides is 1. The van der Waals surface area contributed by atoms with Gasteiger partial charge < -0.3 is 8.83 Å². The van der Waals surface area contributed by atoms with Crippen LogP contribution in [0.2, 0.25) is 0 Å². The smallest absolute Gasteiger partial charge is 0.314 e. The molecule has 3 aromatic rings. The minimum absolute atomic E-state index is 0.0168. The summed E-state index contributed by atoms with van der Waals surface area (Å²) in [6.45, 7) is 4.62. The molecule has 0 fully saturated rings. The normalized spacial score (nSPS) is 11.9. The van der Waals surface area contributed by atoms with E-state index in [1.807, 2.05) is 0 Å². The molecule has 10 nitrogen and oxygen atoms in total. The first kappa shape index (κ1) is 19.8. The zero-order chi connectivity index (χ0) is 20.5. The van der Waals surface area contributed by atoms with Crippen LogP contribution in [0.25, 0.3) is 11.7 Å². The van der Waals surface area contributed by atoms with Crippen molar-refractivity contribution < 1.29 is 26.0 Å². The van der Waals surface area contributed by atoms with Crippen LogP contribution >= 0.6 is 0 Å². The Morgan fingerprint density at radius 2 is 1.82 bits per heavy atom. The number of oxazole rings is 1. The average Bonchev–Trinajstić information content (AvgIpc) is 3.28. The number of anilines is 1. The summed E-state index contributed by atoms with van der Waals surface area (Å²) in [5.74, 6) is -1.44. The molecule has 28 heavy (non-hydrogen) atoms. The minimum atomic E-state index is -3.75. The van der Waals surface area contributed by atoms with E-state index in [2.05, 4.69) is 25.1 Å². The van der Waals surface area contributed by atoms with E-state index in [9.17, 15) is 17.2 Å². The number of halogens is 2. The molecule has 0 spiro atoms. The van der Waals surface area contributed by atoms with E-state index in [0.717, 1.165) is 4.31 Å². The van der Waals surface area contributed by atoms with Gasteiger partial charge in [-0.2, -0.15) is 8.78 Å². The highest BCUT2D eigenvalue weighted by molar-refractivity contribution is 7.92. The summed E-state index contributed by atoms with van der Waals surface area (Å²) in [5.41, 5.74) is 1.19. The molecule has 0 aromatic carbocycles. The van der Waals surface area contributed by atoms with Crippen LogP contribution < -0.4 is 4.31 Å². The van der Waals surface area contributed by atoms with Gasteiger partial charge in [0, 0.05) is 11.4 Å². The maximum Gasteiger partial charge on any atom is 0.314 e. The Kier molecular flexibility index (Phi) is 5.36. The topological polar surface area (TPSA) is 128 Å². The Morgan fingerprint density at radius 3 is 2.39 bits per heavy atom. The molecule has 0 N–H and O–H groups in total. The number of hydrogen-bond donors (Lipinski definition) is 0. The fraction of sp³-hybridized carbons (Fsp3) is 0.400. The fourth-order valence-electron chi connectivity index (χ4n) is 2.30. The molecule has 3 heterocycles. The van der Waals surface area contributed by atoms with Crippen LogP contribution in [0, 0.1) is 13.8 Å². The second-order valence-electron chi connectivity index (χ2n) is 5.72. The van der Waals surface area contributed by atoms with Crippen molar-refractivity contribution in [1.29, 1.82) is 0 Å². The SMILES string of the molecule is CCS(=O)(=O)N(Cc1ncc(-c2nnc(C(F)F)o2)o1)c1nc(C)cc(C)n1. The largest absolute Gasteiger partial charge is 0.434 e. The highest BCUT2D eigenvalue weighted by atomic mass is 32.2. The monoisotopic (exact) mass is 414 g/mol. The van der Waals surface area contributed by atoms with Gasteiger partial charge in [-0.25, -0.2) is 27.7 Å².